The fourth-order valence-electron chi connectivity index (χ4n) is 0.962. The number of amides is 1. The lowest BCUT2D eigenvalue weighted by molar-refractivity contribution is -0.142. The van der Waals surface area contributed by atoms with E-state index in [9.17, 15) is 18.4 Å². The summed E-state index contributed by atoms with van der Waals surface area (Å²) in [5.74, 6) is -3.29. The molecule has 1 atom stereocenters. The van der Waals surface area contributed by atoms with E-state index in [-0.39, 0.29) is 6.54 Å². The second-order valence-corrected chi connectivity index (χ2v) is 2.87. The van der Waals surface area contributed by atoms with Gasteiger partial charge in [0.2, 0.25) is 0 Å². The van der Waals surface area contributed by atoms with Crippen LogP contribution in [0.3, 0.4) is 0 Å². The van der Waals surface area contributed by atoms with Gasteiger partial charge in [-0.15, -0.1) is 0 Å². The van der Waals surface area contributed by atoms with Crippen molar-refractivity contribution in [3.05, 3.63) is 0 Å². The van der Waals surface area contributed by atoms with Crippen LogP contribution in [0.15, 0.2) is 0 Å². The first-order valence-corrected chi connectivity index (χ1v) is 4.27. The maximum atomic E-state index is 11.7. The lowest BCUT2D eigenvalue weighted by Gasteiger charge is -2.11. The third-order valence-corrected chi connectivity index (χ3v) is 1.71. The van der Waals surface area contributed by atoms with Crippen LogP contribution in [0, 0.1) is 5.92 Å². The Hall–Kier alpha value is -1.20. The van der Waals surface area contributed by atoms with Gasteiger partial charge >= 0.3 is 12.4 Å². The maximum absolute atomic E-state index is 11.7. The molecule has 0 spiro atoms. The molecule has 0 saturated carbocycles. The molecular formula is C8H13F2NO3. The van der Waals surface area contributed by atoms with Crippen molar-refractivity contribution in [1.82, 2.24) is 5.32 Å². The fraction of sp³-hybridized carbons (Fsp3) is 0.750. The zero-order valence-electron chi connectivity index (χ0n) is 7.80. The number of carbonyl (C=O) groups is 2. The lowest BCUT2D eigenvalue weighted by atomic mass is 10.0. The summed E-state index contributed by atoms with van der Waals surface area (Å²) in [4.78, 5) is 21.0. The fourth-order valence-corrected chi connectivity index (χ4v) is 0.962. The Morgan fingerprint density at radius 2 is 2.00 bits per heavy atom. The van der Waals surface area contributed by atoms with Gasteiger partial charge in [-0.2, -0.15) is 8.78 Å². The van der Waals surface area contributed by atoms with Crippen molar-refractivity contribution in [2.45, 2.75) is 26.2 Å². The van der Waals surface area contributed by atoms with Crippen LogP contribution in [0.4, 0.5) is 8.78 Å². The van der Waals surface area contributed by atoms with Crippen LogP contribution in [0.2, 0.25) is 0 Å². The SMILES string of the molecule is CCCC(CNC(=O)C(F)F)C(=O)O. The molecule has 0 rings (SSSR count). The average Bonchev–Trinajstić information content (AvgIpc) is 2.10. The van der Waals surface area contributed by atoms with Crippen LogP contribution in [0.1, 0.15) is 19.8 Å². The summed E-state index contributed by atoms with van der Waals surface area (Å²) in [6.45, 7) is 1.54. The smallest absolute Gasteiger partial charge is 0.315 e. The minimum atomic E-state index is -3.09. The molecule has 0 bridgehead atoms. The third kappa shape index (κ3) is 4.74. The monoisotopic (exact) mass is 209 g/mol. The zero-order chi connectivity index (χ0) is 11.1. The quantitative estimate of drug-likeness (QED) is 0.682. The molecule has 0 radical (unpaired) electrons. The van der Waals surface area contributed by atoms with Gasteiger partial charge in [-0.1, -0.05) is 13.3 Å². The largest absolute Gasteiger partial charge is 0.481 e. The second kappa shape index (κ2) is 6.28. The van der Waals surface area contributed by atoms with Crippen LogP contribution < -0.4 is 5.32 Å². The van der Waals surface area contributed by atoms with Crippen molar-refractivity contribution in [3.8, 4) is 0 Å². The molecule has 0 fully saturated rings. The molecule has 0 heterocycles. The van der Waals surface area contributed by atoms with Gasteiger partial charge < -0.3 is 10.4 Å². The molecular weight excluding hydrogens is 196 g/mol. The standard InChI is InChI=1S/C8H13F2NO3/c1-2-3-5(8(13)14)4-11-7(12)6(9)10/h5-6H,2-4H2,1H3,(H,11,12)(H,13,14). The molecule has 0 aromatic carbocycles. The molecule has 0 saturated heterocycles. The van der Waals surface area contributed by atoms with Crippen molar-refractivity contribution in [2.75, 3.05) is 6.54 Å². The van der Waals surface area contributed by atoms with Crippen LogP contribution >= 0.6 is 0 Å². The maximum Gasteiger partial charge on any atom is 0.315 e. The molecule has 0 aromatic heterocycles. The van der Waals surface area contributed by atoms with E-state index in [1.165, 1.54) is 0 Å². The summed E-state index contributed by atoms with van der Waals surface area (Å²) in [5, 5.41) is 10.5. The highest BCUT2D eigenvalue weighted by molar-refractivity contribution is 5.80. The van der Waals surface area contributed by atoms with Crippen LogP contribution in [0.5, 0.6) is 0 Å². The highest BCUT2D eigenvalue weighted by atomic mass is 19.3. The van der Waals surface area contributed by atoms with E-state index in [1.807, 2.05) is 5.32 Å². The number of carboxylic acids is 1. The summed E-state index contributed by atoms with van der Waals surface area (Å²) in [6.07, 6.45) is -2.11. The Kier molecular flexibility index (Phi) is 5.74. The van der Waals surface area contributed by atoms with E-state index in [4.69, 9.17) is 5.11 Å². The number of hydrogen-bond acceptors (Lipinski definition) is 2. The van der Waals surface area contributed by atoms with E-state index >= 15 is 0 Å². The van der Waals surface area contributed by atoms with Crippen LogP contribution in [0.25, 0.3) is 0 Å². The average molecular weight is 209 g/mol. The molecule has 1 amide bonds. The predicted octanol–water partition coefficient (Wildman–Crippen LogP) is 0.869. The van der Waals surface area contributed by atoms with Crippen molar-refractivity contribution in [3.63, 3.8) is 0 Å². The molecule has 4 nitrogen and oxygen atoms in total. The van der Waals surface area contributed by atoms with Gasteiger partial charge in [0.1, 0.15) is 0 Å². The summed E-state index contributed by atoms with van der Waals surface area (Å²) < 4.78 is 23.4. The lowest BCUT2D eigenvalue weighted by Crippen LogP contribution is -2.36. The Balaban J connectivity index is 3.93. The summed E-state index contributed by atoms with van der Waals surface area (Å²) >= 11 is 0. The van der Waals surface area contributed by atoms with Crippen molar-refractivity contribution < 1.29 is 23.5 Å². The molecule has 0 aromatic rings. The normalized spacial score (nSPS) is 12.6. The van der Waals surface area contributed by atoms with Crippen LogP contribution in [-0.2, 0) is 9.59 Å². The summed E-state index contributed by atoms with van der Waals surface area (Å²) in [7, 11) is 0. The molecule has 6 heteroatoms. The van der Waals surface area contributed by atoms with Gasteiger partial charge in [-0.3, -0.25) is 9.59 Å². The molecule has 0 aliphatic heterocycles. The number of carbonyl (C=O) groups excluding carboxylic acids is 1. The Morgan fingerprint density at radius 3 is 2.36 bits per heavy atom. The number of hydrogen-bond donors (Lipinski definition) is 2. The first-order chi connectivity index (χ1) is 6.49. The number of halogens is 2. The third-order valence-electron chi connectivity index (χ3n) is 1.71. The van der Waals surface area contributed by atoms with Crippen molar-refractivity contribution in [2.24, 2.45) is 5.92 Å². The van der Waals surface area contributed by atoms with Gasteiger partial charge in [0.15, 0.2) is 0 Å². The Morgan fingerprint density at radius 1 is 1.43 bits per heavy atom. The zero-order valence-corrected chi connectivity index (χ0v) is 7.80. The van der Waals surface area contributed by atoms with Crippen molar-refractivity contribution in [1.29, 1.82) is 0 Å². The topological polar surface area (TPSA) is 66.4 Å². The van der Waals surface area contributed by atoms with E-state index in [1.54, 1.807) is 6.92 Å². The Labute approximate surface area is 80.3 Å². The summed E-state index contributed by atoms with van der Waals surface area (Å²) in [5.41, 5.74) is 0. The van der Waals surface area contributed by atoms with E-state index < -0.39 is 24.2 Å². The molecule has 14 heavy (non-hydrogen) atoms. The minimum Gasteiger partial charge on any atom is -0.481 e. The van der Waals surface area contributed by atoms with Gasteiger partial charge in [0, 0.05) is 6.54 Å². The van der Waals surface area contributed by atoms with Crippen molar-refractivity contribution >= 4 is 11.9 Å². The number of aliphatic carboxylic acids is 1. The van der Waals surface area contributed by atoms with Crippen LogP contribution in [-0.4, -0.2) is 30.0 Å². The highest BCUT2D eigenvalue weighted by Crippen LogP contribution is 2.05. The van der Waals surface area contributed by atoms with Gasteiger partial charge in [-0.05, 0) is 6.42 Å². The number of nitrogens with one attached hydrogen (secondary N) is 1. The molecule has 2 N–H and O–H groups in total. The minimum absolute atomic E-state index is 0.244. The highest BCUT2D eigenvalue weighted by Gasteiger charge is 2.20. The van der Waals surface area contributed by atoms with Gasteiger partial charge in [0.25, 0.3) is 5.91 Å². The number of carboxylic acid groups (broad SMARTS) is 1. The second-order valence-electron chi connectivity index (χ2n) is 2.87. The summed E-state index contributed by atoms with van der Waals surface area (Å²) in [6, 6.07) is 0. The van der Waals surface area contributed by atoms with E-state index in [0.717, 1.165) is 0 Å². The predicted molar refractivity (Wildman–Crippen MR) is 45.0 cm³/mol. The molecule has 0 aliphatic rings. The number of alkyl halides is 2. The number of rotatable bonds is 6. The Bertz CT molecular complexity index is 209. The van der Waals surface area contributed by atoms with Gasteiger partial charge in [0.05, 0.1) is 5.92 Å². The molecule has 1 unspecified atom stereocenters. The van der Waals surface area contributed by atoms with Gasteiger partial charge in [-0.25, -0.2) is 0 Å². The first kappa shape index (κ1) is 12.8. The first-order valence-electron chi connectivity index (χ1n) is 4.27. The van der Waals surface area contributed by atoms with E-state index in [0.29, 0.717) is 12.8 Å². The van der Waals surface area contributed by atoms with E-state index in [2.05, 4.69) is 0 Å². The molecule has 82 valence electrons. The molecule has 0 aliphatic carbocycles.